The lowest BCUT2D eigenvalue weighted by Gasteiger charge is -2.25. The van der Waals surface area contributed by atoms with E-state index in [4.69, 9.17) is 4.74 Å². The Morgan fingerprint density at radius 2 is 1.95 bits per heavy atom. The van der Waals surface area contributed by atoms with Crippen LogP contribution in [0.4, 0.5) is 5.69 Å². The summed E-state index contributed by atoms with van der Waals surface area (Å²) in [4.78, 5) is 4.49. The Kier molecular flexibility index (Phi) is 4.07. The fourth-order valence-corrected chi connectivity index (χ4v) is 2.53. The van der Waals surface area contributed by atoms with Gasteiger partial charge in [0.2, 0.25) is 0 Å². The van der Waals surface area contributed by atoms with Gasteiger partial charge < -0.3 is 4.74 Å². The molecule has 0 bridgehead atoms. The lowest BCUT2D eigenvalue weighted by Crippen LogP contribution is -2.30. The Bertz CT molecular complexity index is 603. The van der Waals surface area contributed by atoms with E-state index in [-0.39, 0.29) is 0 Å². The van der Waals surface area contributed by atoms with Crippen molar-refractivity contribution in [2.24, 2.45) is 4.99 Å². The average Bonchev–Trinajstić information content (AvgIpc) is 2.42. The highest BCUT2D eigenvalue weighted by molar-refractivity contribution is 8.00. The second-order valence-electron chi connectivity index (χ2n) is 4.94. The number of hydrogen-bond acceptors (Lipinski definition) is 3. The molecule has 0 radical (unpaired) electrons. The van der Waals surface area contributed by atoms with Gasteiger partial charge in [0.25, 0.3) is 0 Å². The zero-order valence-corrected chi connectivity index (χ0v) is 12.3. The van der Waals surface area contributed by atoms with Gasteiger partial charge in [0.15, 0.2) is 0 Å². The molecule has 3 heteroatoms. The number of hydrogen-bond donors (Lipinski definition) is 0. The van der Waals surface area contributed by atoms with Crippen LogP contribution in [0.15, 0.2) is 53.5 Å². The maximum atomic E-state index is 5.82. The normalized spacial score (nSPS) is 15.2. The molecule has 0 N–H and O–H groups in total. The van der Waals surface area contributed by atoms with Crippen LogP contribution in [0.5, 0.6) is 5.75 Å². The quantitative estimate of drug-likeness (QED) is 0.783. The second-order valence-corrected chi connectivity index (χ2v) is 6.02. The van der Waals surface area contributed by atoms with E-state index in [9.17, 15) is 0 Å². The van der Waals surface area contributed by atoms with E-state index >= 15 is 0 Å². The predicted octanol–water partition coefficient (Wildman–Crippen LogP) is 4.24. The molecule has 0 spiro atoms. The van der Waals surface area contributed by atoms with Crippen molar-refractivity contribution in [1.29, 1.82) is 0 Å². The average molecular weight is 283 g/mol. The third-order valence-corrected chi connectivity index (χ3v) is 4.37. The smallest absolute Gasteiger partial charge is 0.119 e. The van der Waals surface area contributed by atoms with Crippen LogP contribution in [-0.2, 0) is 0 Å². The van der Waals surface area contributed by atoms with Gasteiger partial charge in [-0.05, 0) is 54.4 Å². The van der Waals surface area contributed by atoms with Crippen molar-refractivity contribution < 1.29 is 4.74 Å². The number of benzene rings is 2. The first kappa shape index (κ1) is 13.3. The highest BCUT2D eigenvalue weighted by Crippen LogP contribution is 2.24. The van der Waals surface area contributed by atoms with Crippen LogP contribution >= 0.6 is 11.8 Å². The molecule has 0 aromatic heterocycles. The molecule has 2 nitrogen and oxygen atoms in total. The van der Waals surface area contributed by atoms with Crippen LogP contribution in [-0.4, -0.2) is 23.8 Å². The fourth-order valence-electron chi connectivity index (χ4n) is 1.96. The molecule has 0 unspecified atom stereocenters. The largest absolute Gasteiger partial charge is 0.489 e. The number of ether oxygens (including phenoxy) is 1. The van der Waals surface area contributed by atoms with Crippen molar-refractivity contribution in [3.63, 3.8) is 0 Å². The Hall–Kier alpha value is -1.74. The summed E-state index contributed by atoms with van der Waals surface area (Å²) < 4.78 is 5.82. The van der Waals surface area contributed by atoms with Gasteiger partial charge in [-0.25, -0.2) is 0 Å². The fraction of sp³-hybridized carbons (Fsp3) is 0.235. The molecule has 1 heterocycles. The van der Waals surface area contributed by atoms with Crippen molar-refractivity contribution in [2.75, 3.05) is 11.5 Å². The Labute approximate surface area is 123 Å². The standard InChI is InChI=1S/C17H17NOS/c1-13-3-2-4-15(9-13)18-10-14-5-7-16(8-6-14)19-17-11-20-12-17/h2-10,17H,11-12H2,1H3. The first-order valence-electron chi connectivity index (χ1n) is 6.75. The van der Waals surface area contributed by atoms with Crippen LogP contribution < -0.4 is 4.74 Å². The first-order valence-corrected chi connectivity index (χ1v) is 7.90. The SMILES string of the molecule is Cc1cccc(N=Cc2ccc(OC3CSC3)cc2)c1. The third kappa shape index (κ3) is 3.42. The number of nitrogens with zero attached hydrogens (tertiary/aromatic N) is 1. The summed E-state index contributed by atoms with van der Waals surface area (Å²) in [6, 6.07) is 16.3. The Balaban J connectivity index is 1.65. The summed E-state index contributed by atoms with van der Waals surface area (Å²) in [5, 5.41) is 0. The van der Waals surface area contributed by atoms with Gasteiger partial charge in [0.1, 0.15) is 11.9 Å². The lowest BCUT2D eigenvalue weighted by atomic mass is 10.2. The van der Waals surface area contributed by atoms with Crippen molar-refractivity contribution in [3.05, 3.63) is 59.7 Å². The minimum absolute atomic E-state index is 0.395. The summed E-state index contributed by atoms with van der Waals surface area (Å²) in [6.45, 7) is 2.07. The van der Waals surface area contributed by atoms with Crippen molar-refractivity contribution in [1.82, 2.24) is 0 Å². The second kappa shape index (κ2) is 6.14. The first-order chi connectivity index (χ1) is 9.79. The van der Waals surface area contributed by atoms with E-state index in [1.54, 1.807) is 0 Å². The Morgan fingerprint density at radius 1 is 1.15 bits per heavy atom. The van der Waals surface area contributed by atoms with Crippen molar-refractivity contribution >= 4 is 23.7 Å². The van der Waals surface area contributed by atoms with Crippen LogP contribution in [0, 0.1) is 6.92 Å². The summed E-state index contributed by atoms with van der Waals surface area (Å²) in [6.07, 6.45) is 2.28. The molecule has 1 fully saturated rings. The van der Waals surface area contributed by atoms with Gasteiger partial charge in [-0.15, -0.1) is 0 Å². The molecule has 0 amide bonds. The number of thioether (sulfide) groups is 1. The van der Waals surface area contributed by atoms with Crippen LogP contribution in [0.3, 0.4) is 0 Å². The van der Waals surface area contributed by atoms with E-state index in [2.05, 4.69) is 24.0 Å². The van der Waals surface area contributed by atoms with Gasteiger partial charge >= 0.3 is 0 Å². The van der Waals surface area contributed by atoms with Gasteiger partial charge in [0, 0.05) is 17.7 Å². The summed E-state index contributed by atoms with van der Waals surface area (Å²) >= 11 is 1.93. The monoisotopic (exact) mass is 283 g/mol. The van der Waals surface area contributed by atoms with Crippen molar-refractivity contribution in [2.45, 2.75) is 13.0 Å². The number of aliphatic imine (C=N–C) groups is 1. The van der Waals surface area contributed by atoms with E-state index in [1.165, 1.54) is 5.56 Å². The maximum absolute atomic E-state index is 5.82. The van der Waals surface area contributed by atoms with Crippen molar-refractivity contribution in [3.8, 4) is 5.75 Å². The van der Waals surface area contributed by atoms with E-state index in [1.807, 2.05) is 54.4 Å². The molecular formula is C17H17NOS. The molecule has 1 saturated heterocycles. The molecule has 20 heavy (non-hydrogen) atoms. The third-order valence-electron chi connectivity index (χ3n) is 3.15. The zero-order chi connectivity index (χ0) is 13.8. The number of rotatable bonds is 4. The molecule has 0 atom stereocenters. The van der Waals surface area contributed by atoms with Gasteiger partial charge in [-0.2, -0.15) is 11.8 Å². The predicted molar refractivity (Wildman–Crippen MR) is 86.6 cm³/mol. The topological polar surface area (TPSA) is 21.6 Å². The molecule has 2 aromatic rings. The number of aryl methyl sites for hydroxylation is 1. The molecular weight excluding hydrogens is 266 g/mol. The summed E-state index contributed by atoms with van der Waals surface area (Å²) in [5.74, 6) is 3.16. The van der Waals surface area contributed by atoms with E-state index < -0.39 is 0 Å². The van der Waals surface area contributed by atoms with Crippen LogP contribution in [0.2, 0.25) is 0 Å². The minimum Gasteiger partial charge on any atom is -0.489 e. The van der Waals surface area contributed by atoms with Gasteiger partial charge in [-0.1, -0.05) is 12.1 Å². The maximum Gasteiger partial charge on any atom is 0.119 e. The van der Waals surface area contributed by atoms with Crippen LogP contribution in [0.1, 0.15) is 11.1 Å². The summed E-state index contributed by atoms with van der Waals surface area (Å²) in [7, 11) is 0. The molecule has 0 saturated carbocycles. The van der Waals surface area contributed by atoms with Gasteiger partial charge in [0.05, 0.1) is 5.69 Å². The zero-order valence-electron chi connectivity index (χ0n) is 11.5. The summed E-state index contributed by atoms with van der Waals surface area (Å²) in [5.41, 5.74) is 3.29. The minimum atomic E-state index is 0.395. The van der Waals surface area contributed by atoms with Crippen LogP contribution in [0.25, 0.3) is 0 Å². The van der Waals surface area contributed by atoms with E-state index in [0.717, 1.165) is 28.5 Å². The molecule has 102 valence electrons. The molecule has 2 aromatic carbocycles. The molecule has 3 rings (SSSR count). The molecule has 1 aliphatic rings. The molecule has 1 aliphatic heterocycles. The Morgan fingerprint density at radius 3 is 2.60 bits per heavy atom. The lowest BCUT2D eigenvalue weighted by molar-refractivity contribution is 0.240. The molecule has 0 aliphatic carbocycles. The highest BCUT2D eigenvalue weighted by atomic mass is 32.2. The van der Waals surface area contributed by atoms with E-state index in [0.29, 0.717) is 6.10 Å². The highest BCUT2D eigenvalue weighted by Gasteiger charge is 2.19. The van der Waals surface area contributed by atoms with Gasteiger partial charge in [-0.3, -0.25) is 4.99 Å².